The molecule has 0 saturated carbocycles. The summed E-state index contributed by atoms with van der Waals surface area (Å²) in [6, 6.07) is 12.4. The first-order chi connectivity index (χ1) is 15.9. The Morgan fingerprint density at radius 1 is 1.21 bits per heavy atom. The molecule has 9 heteroatoms. The van der Waals surface area contributed by atoms with E-state index in [1.807, 2.05) is 24.3 Å². The summed E-state index contributed by atoms with van der Waals surface area (Å²) in [5, 5.41) is 3.97. The van der Waals surface area contributed by atoms with Crippen LogP contribution in [0.3, 0.4) is 0 Å². The van der Waals surface area contributed by atoms with E-state index >= 15 is 0 Å². The fraction of sp³-hybridized carbons (Fsp3) is 0.292. The Balaban J connectivity index is 1.36. The van der Waals surface area contributed by atoms with Crippen molar-refractivity contribution < 1.29 is 14.0 Å². The highest BCUT2D eigenvalue weighted by atomic mass is 35.5. The van der Waals surface area contributed by atoms with Gasteiger partial charge in [-0.2, -0.15) is 0 Å². The lowest BCUT2D eigenvalue weighted by molar-refractivity contribution is -0.122. The number of aromatic nitrogens is 1. The average molecular weight is 487 g/mol. The van der Waals surface area contributed by atoms with Gasteiger partial charge in [0.05, 0.1) is 17.3 Å². The number of carbonyl (C=O) groups excluding carboxylic acids is 2. The van der Waals surface area contributed by atoms with Crippen molar-refractivity contribution in [1.29, 1.82) is 0 Å². The first-order valence-corrected chi connectivity index (χ1v) is 11.5. The zero-order valence-corrected chi connectivity index (χ0v) is 19.4. The van der Waals surface area contributed by atoms with Gasteiger partial charge in [0.2, 0.25) is 11.8 Å². The molecule has 1 unspecified atom stereocenters. The minimum atomic E-state index is -0.306. The summed E-state index contributed by atoms with van der Waals surface area (Å²) >= 11 is 12.2. The molecule has 0 spiro atoms. The Kier molecular flexibility index (Phi) is 7.33. The van der Waals surface area contributed by atoms with Crippen LogP contribution >= 0.6 is 23.2 Å². The van der Waals surface area contributed by atoms with Crippen LogP contribution < -0.4 is 11.1 Å². The number of carbonyl (C=O) groups is 2. The normalized spacial score (nSPS) is 16.1. The van der Waals surface area contributed by atoms with Gasteiger partial charge in [0, 0.05) is 35.7 Å². The molecule has 2 amide bonds. The molecule has 3 N–H and O–H groups in total. The summed E-state index contributed by atoms with van der Waals surface area (Å²) in [6.07, 6.45) is 3.83. The number of likely N-dealkylation sites (tertiary alicyclic amines) is 1. The third-order valence-electron chi connectivity index (χ3n) is 5.67. The summed E-state index contributed by atoms with van der Waals surface area (Å²) in [4.78, 5) is 30.6. The van der Waals surface area contributed by atoms with E-state index in [0.717, 1.165) is 30.6 Å². The largest absolute Gasteiger partial charge is 0.441 e. The molecular weight excluding hydrogens is 463 g/mol. The molecule has 1 aliphatic rings. The number of nitrogens with one attached hydrogen (secondary N) is 1. The van der Waals surface area contributed by atoms with Crippen molar-refractivity contribution in [1.82, 2.24) is 9.88 Å². The quantitative estimate of drug-likeness (QED) is 0.481. The van der Waals surface area contributed by atoms with E-state index in [-0.39, 0.29) is 24.3 Å². The molecule has 0 radical (unpaired) electrons. The molecule has 2 aromatic carbocycles. The molecule has 33 heavy (non-hydrogen) atoms. The van der Waals surface area contributed by atoms with E-state index in [4.69, 9.17) is 33.4 Å². The molecular formula is C24H24Cl2N4O3. The summed E-state index contributed by atoms with van der Waals surface area (Å²) < 4.78 is 5.77. The highest BCUT2D eigenvalue weighted by Gasteiger charge is 2.29. The van der Waals surface area contributed by atoms with Gasteiger partial charge in [0.1, 0.15) is 0 Å². The number of rotatable bonds is 8. The van der Waals surface area contributed by atoms with E-state index in [1.165, 1.54) is 0 Å². The minimum Gasteiger partial charge on any atom is -0.441 e. The average Bonchev–Trinajstić information content (AvgIpc) is 3.43. The number of nitrogens with two attached hydrogens (primary N) is 1. The lowest BCUT2D eigenvalue weighted by Crippen LogP contribution is -2.39. The SMILES string of the molecule is NC(=O)C1CCCN1Cc1ccccc1NC(=O)CCc1ncc(-c2ccc(Cl)cc2Cl)o1. The van der Waals surface area contributed by atoms with Gasteiger partial charge in [-0.15, -0.1) is 0 Å². The van der Waals surface area contributed by atoms with E-state index in [0.29, 0.717) is 40.2 Å². The van der Waals surface area contributed by atoms with Gasteiger partial charge < -0.3 is 15.5 Å². The Morgan fingerprint density at radius 3 is 2.82 bits per heavy atom. The molecule has 1 saturated heterocycles. The molecule has 0 bridgehead atoms. The smallest absolute Gasteiger partial charge is 0.234 e. The zero-order valence-electron chi connectivity index (χ0n) is 17.9. The van der Waals surface area contributed by atoms with Gasteiger partial charge in [0.25, 0.3) is 0 Å². The van der Waals surface area contributed by atoms with E-state index in [9.17, 15) is 9.59 Å². The molecule has 1 atom stereocenters. The second-order valence-electron chi connectivity index (χ2n) is 7.98. The topological polar surface area (TPSA) is 101 Å². The van der Waals surface area contributed by atoms with E-state index in [2.05, 4.69) is 15.2 Å². The number of aryl methyl sites for hydroxylation is 1. The Bertz CT molecular complexity index is 1160. The van der Waals surface area contributed by atoms with E-state index < -0.39 is 0 Å². The number of hydrogen-bond donors (Lipinski definition) is 2. The number of benzene rings is 2. The fourth-order valence-corrected chi connectivity index (χ4v) is 4.51. The van der Waals surface area contributed by atoms with Crippen molar-refractivity contribution >= 4 is 40.7 Å². The Morgan fingerprint density at radius 2 is 2.03 bits per heavy atom. The predicted octanol–water partition coefficient (Wildman–Crippen LogP) is 4.67. The Labute approximate surface area is 201 Å². The molecule has 2 heterocycles. The van der Waals surface area contributed by atoms with Crippen LogP contribution in [0.5, 0.6) is 0 Å². The van der Waals surface area contributed by atoms with Crippen LogP contribution in [0.4, 0.5) is 5.69 Å². The molecule has 1 aromatic heterocycles. The zero-order chi connectivity index (χ0) is 23.4. The first-order valence-electron chi connectivity index (χ1n) is 10.7. The van der Waals surface area contributed by atoms with Gasteiger partial charge in [-0.3, -0.25) is 14.5 Å². The number of para-hydroxylation sites is 1. The minimum absolute atomic E-state index is 0.153. The van der Waals surface area contributed by atoms with Gasteiger partial charge in [-0.25, -0.2) is 4.98 Å². The molecule has 1 aliphatic heterocycles. The van der Waals surface area contributed by atoms with Crippen molar-refractivity contribution in [3.8, 4) is 11.3 Å². The van der Waals surface area contributed by atoms with Crippen molar-refractivity contribution in [2.24, 2.45) is 5.73 Å². The molecule has 1 fully saturated rings. The van der Waals surface area contributed by atoms with Crippen LogP contribution in [0.2, 0.25) is 10.0 Å². The third kappa shape index (κ3) is 5.74. The summed E-state index contributed by atoms with van der Waals surface area (Å²) in [5.74, 6) is 0.506. The maximum absolute atomic E-state index is 12.6. The van der Waals surface area contributed by atoms with Crippen LogP contribution in [-0.4, -0.2) is 34.3 Å². The lowest BCUT2D eigenvalue weighted by atomic mass is 10.1. The molecule has 3 aromatic rings. The van der Waals surface area contributed by atoms with Gasteiger partial charge in [-0.05, 0) is 49.2 Å². The predicted molar refractivity (Wildman–Crippen MR) is 128 cm³/mol. The van der Waals surface area contributed by atoms with Crippen LogP contribution in [0.15, 0.2) is 53.1 Å². The monoisotopic (exact) mass is 486 g/mol. The number of primary amides is 1. The standard InChI is InChI=1S/C24H24Cl2N4O3/c25-16-7-8-17(18(26)12-16)21-13-28-23(33-21)10-9-22(31)29-19-5-2-1-4-15(19)14-30-11-3-6-20(30)24(27)32/h1-2,4-5,7-8,12-13,20H,3,6,9-11,14H2,(H2,27,32)(H,29,31). The third-order valence-corrected chi connectivity index (χ3v) is 6.22. The number of amides is 2. The van der Waals surface area contributed by atoms with Crippen LogP contribution in [0.25, 0.3) is 11.3 Å². The molecule has 172 valence electrons. The second-order valence-corrected chi connectivity index (χ2v) is 8.82. The van der Waals surface area contributed by atoms with Gasteiger partial charge in [0.15, 0.2) is 11.7 Å². The van der Waals surface area contributed by atoms with Gasteiger partial charge in [-0.1, -0.05) is 41.4 Å². The van der Waals surface area contributed by atoms with Crippen molar-refractivity contribution in [2.45, 2.75) is 38.3 Å². The first kappa shape index (κ1) is 23.3. The molecule has 7 nitrogen and oxygen atoms in total. The van der Waals surface area contributed by atoms with E-state index in [1.54, 1.807) is 24.4 Å². The number of hydrogen-bond acceptors (Lipinski definition) is 5. The maximum atomic E-state index is 12.6. The van der Waals surface area contributed by atoms with Crippen molar-refractivity contribution in [3.63, 3.8) is 0 Å². The lowest BCUT2D eigenvalue weighted by Gasteiger charge is -2.23. The van der Waals surface area contributed by atoms with Crippen LogP contribution in [0.1, 0.15) is 30.7 Å². The number of anilines is 1. The second kappa shape index (κ2) is 10.4. The summed E-state index contributed by atoms with van der Waals surface area (Å²) in [7, 11) is 0. The van der Waals surface area contributed by atoms with Gasteiger partial charge >= 0.3 is 0 Å². The summed E-state index contributed by atoms with van der Waals surface area (Å²) in [6.45, 7) is 1.36. The van der Waals surface area contributed by atoms with Crippen LogP contribution in [-0.2, 0) is 22.6 Å². The highest BCUT2D eigenvalue weighted by Crippen LogP contribution is 2.31. The van der Waals surface area contributed by atoms with Crippen molar-refractivity contribution in [3.05, 3.63) is 70.2 Å². The fourth-order valence-electron chi connectivity index (χ4n) is 4.01. The number of nitrogens with zero attached hydrogens (tertiary/aromatic N) is 2. The maximum Gasteiger partial charge on any atom is 0.234 e. The van der Waals surface area contributed by atoms with Crippen molar-refractivity contribution in [2.75, 3.05) is 11.9 Å². The highest BCUT2D eigenvalue weighted by molar-refractivity contribution is 6.36. The number of oxazole rings is 1. The van der Waals surface area contributed by atoms with Crippen LogP contribution in [0, 0.1) is 0 Å². The molecule has 0 aliphatic carbocycles. The molecule has 4 rings (SSSR count). The Hall–Kier alpha value is -2.87. The number of halogens is 2. The summed E-state index contributed by atoms with van der Waals surface area (Å²) in [5.41, 5.74) is 7.88.